The largest absolute Gasteiger partial charge is 0.456 e. The smallest absolute Gasteiger partial charge is 0.135 e. The van der Waals surface area contributed by atoms with Crippen LogP contribution in [0.15, 0.2) is 229 Å². The summed E-state index contributed by atoms with van der Waals surface area (Å²) in [5, 5.41) is 4.76. The number of nitrogens with zero attached hydrogens (tertiary/aromatic N) is 1. The second-order valence-electron chi connectivity index (χ2n) is 17.2. The summed E-state index contributed by atoms with van der Waals surface area (Å²) in [6, 6.07) is 81.7. The molecule has 1 aliphatic carbocycles. The minimum atomic E-state index is -0.101. The molecule has 0 N–H and O–H groups in total. The summed E-state index contributed by atoms with van der Waals surface area (Å²) in [6.45, 7) is 4.71. The summed E-state index contributed by atoms with van der Waals surface area (Å²) < 4.78 is 6.18. The third-order valence-corrected chi connectivity index (χ3v) is 13.3. The Kier molecular flexibility index (Phi) is 8.55. The first-order chi connectivity index (χ1) is 31.0. The molecule has 10 aromatic carbocycles. The quantitative estimate of drug-likeness (QED) is 0.160. The number of para-hydroxylation sites is 2. The van der Waals surface area contributed by atoms with Crippen molar-refractivity contribution in [2.75, 3.05) is 4.90 Å². The second-order valence-corrected chi connectivity index (χ2v) is 17.2. The fourth-order valence-electron chi connectivity index (χ4n) is 10.2. The molecule has 0 saturated heterocycles. The number of furan rings is 1. The van der Waals surface area contributed by atoms with E-state index in [-0.39, 0.29) is 5.41 Å². The van der Waals surface area contributed by atoms with Crippen molar-refractivity contribution in [3.63, 3.8) is 0 Å². The highest BCUT2D eigenvalue weighted by molar-refractivity contribution is 6.08. The van der Waals surface area contributed by atoms with Crippen LogP contribution in [-0.2, 0) is 5.41 Å². The van der Waals surface area contributed by atoms with Gasteiger partial charge in [0.15, 0.2) is 0 Å². The monoisotopic (exact) mass is 805 g/mol. The molecule has 1 aromatic heterocycles. The molecule has 0 saturated carbocycles. The molecular formula is C61H43NO. The Bertz CT molecular complexity index is 3520. The maximum absolute atomic E-state index is 6.18. The molecule has 0 spiro atoms. The Balaban J connectivity index is 1.01. The fraction of sp³-hybridized carbons (Fsp3) is 0.0492. The van der Waals surface area contributed by atoms with Gasteiger partial charge >= 0.3 is 0 Å². The first-order valence-corrected chi connectivity index (χ1v) is 21.8. The minimum Gasteiger partial charge on any atom is -0.456 e. The van der Waals surface area contributed by atoms with Gasteiger partial charge in [-0.15, -0.1) is 0 Å². The van der Waals surface area contributed by atoms with E-state index < -0.39 is 0 Å². The van der Waals surface area contributed by atoms with Crippen LogP contribution in [-0.4, -0.2) is 0 Å². The van der Waals surface area contributed by atoms with Gasteiger partial charge in [-0.1, -0.05) is 190 Å². The number of rotatable bonds is 7. The minimum absolute atomic E-state index is 0.101. The molecule has 0 aliphatic heterocycles. The predicted molar refractivity (Wildman–Crippen MR) is 265 cm³/mol. The summed E-state index contributed by atoms with van der Waals surface area (Å²) in [5.74, 6) is 0. The zero-order chi connectivity index (χ0) is 42.1. The number of benzene rings is 10. The SMILES string of the molecule is CC1(C)c2ccccc2-c2c(-c3ccccc3N(c3ccc(-c4ccc5oc6ccccc6c5c4)cc3)c3ccc(-c4cccc5cccc(-c6ccccc6)c45)cc3)cccc21. The van der Waals surface area contributed by atoms with E-state index >= 15 is 0 Å². The van der Waals surface area contributed by atoms with Gasteiger partial charge in [-0.25, -0.2) is 0 Å². The third kappa shape index (κ3) is 6.02. The molecule has 0 amide bonds. The standard InChI is InChI=1S/C61H43NO/c1-61(2)54-25-9-6-21-52(54)60-51(24-14-26-55(60)61)49-19-7-10-27-56(49)62(45-34-29-40(30-35-45)44-33-38-58-53(39-44)50-20-8-11-28-57(50)63-58)46-36-31-42(32-37-46)48-23-13-18-43-17-12-22-47(59(43)48)41-15-4-3-5-16-41/h3-39H,1-2H3. The summed E-state index contributed by atoms with van der Waals surface area (Å²) in [5.41, 5.74) is 20.0. The van der Waals surface area contributed by atoms with Gasteiger partial charge in [0.25, 0.3) is 0 Å². The van der Waals surface area contributed by atoms with Gasteiger partial charge < -0.3 is 9.32 Å². The molecule has 0 radical (unpaired) electrons. The average Bonchev–Trinajstić information content (AvgIpc) is 3.83. The molecule has 12 rings (SSSR count). The zero-order valence-electron chi connectivity index (χ0n) is 35.2. The van der Waals surface area contributed by atoms with E-state index in [2.05, 4.69) is 231 Å². The van der Waals surface area contributed by atoms with Crippen molar-refractivity contribution in [1.82, 2.24) is 0 Å². The van der Waals surface area contributed by atoms with E-state index in [1.54, 1.807) is 0 Å². The third-order valence-electron chi connectivity index (χ3n) is 13.3. The van der Waals surface area contributed by atoms with Crippen LogP contribution < -0.4 is 4.90 Å². The average molecular weight is 806 g/mol. The maximum Gasteiger partial charge on any atom is 0.135 e. The molecule has 1 aliphatic rings. The van der Waals surface area contributed by atoms with Crippen molar-refractivity contribution in [1.29, 1.82) is 0 Å². The zero-order valence-corrected chi connectivity index (χ0v) is 35.2. The molecule has 2 heteroatoms. The predicted octanol–water partition coefficient (Wildman–Crippen LogP) is 17.2. The van der Waals surface area contributed by atoms with Crippen LogP contribution >= 0.6 is 0 Å². The van der Waals surface area contributed by atoms with Crippen LogP contribution in [0.25, 0.3) is 88.3 Å². The molecular weight excluding hydrogens is 763 g/mol. The highest BCUT2D eigenvalue weighted by atomic mass is 16.3. The van der Waals surface area contributed by atoms with Gasteiger partial charge in [0.1, 0.15) is 11.2 Å². The fourth-order valence-corrected chi connectivity index (χ4v) is 10.2. The van der Waals surface area contributed by atoms with E-state index in [9.17, 15) is 0 Å². The Labute approximate surface area is 368 Å². The van der Waals surface area contributed by atoms with E-state index in [0.29, 0.717) is 0 Å². The highest BCUT2D eigenvalue weighted by Crippen LogP contribution is 2.54. The lowest BCUT2D eigenvalue weighted by Gasteiger charge is -2.29. The van der Waals surface area contributed by atoms with E-state index in [1.165, 1.54) is 66.4 Å². The Morgan fingerprint density at radius 2 is 0.905 bits per heavy atom. The van der Waals surface area contributed by atoms with Crippen molar-refractivity contribution in [3.05, 3.63) is 236 Å². The lowest BCUT2D eigenvalue weighted by Crippen LogP contribution is -2.14. The molecule has 0 bridgehead atoms. The van der Waals surface area contributed by atoms with Crippen molar-refractivity contribution in [2.24, 2.45) is 0 Å². The summed E-state index contributed by atoms with van der Waals surface area (Å²) in [7, 11) is 0. The topological polar surface area (TPSA) is 16.4 Å². The number of hydrogen-bond acceptors (Lipinski definition) is 2. The van der Waals surface area contributed by atoms with Gasteiger partial charge in [-0.3, -0.25) is 0 Å². The molecule has 11 aromatic rings. The summed E-state index contributed by atoms with van der Waals surface area (Å²) >= 11 is 0. The van der Waals surface area contributed by atoms with Gasteiger partial charge in [0.2, 0.25) is 0 Å². The van der Waals surface area contributed by atoms with Gasteiger partial charge in [-0.05, 0) is 121 Å². The van der Waals surface area contributed by atoms with Crippen LogP contribution in [0.5, 0.6) is 0 Å². The van der Waals surface area contributed by atoms with E-state index in [1.807, 2.05) is 12.1 Å². The maximum atomic E-state index is 6.18. The van der Waals surface area contributed by atoms with Crippen molar-refractivity contribution >= 4 is 49.8 Å². The van der Waals surface area contributed by atoms with Gasteiger partial charge in [-0.2, -0.15) is 0 Å². The highest BCUT2D eigenvalue weighted by Gasteiger charge is 2.37. The number of anilines is 3. The lowest BCUT2D eigenvalue weighted by atomic mass is 9.82. The van der Waals surface area contributed by atoms with Crippen LogP contribution in [0.4, 0.5) is 17.1 Å². The number of hydrogen-bond donors (Lipinski definition) is 0. The first kappa shape index (κ1) is 36.9. The van der Waals surface area contributed by atoms with Crippen LogP contribution in [0.2, 0.25) is 0 Å². The Morgan fingerprint density at radius 3 is 1.67 bits per heavy atom. The molecule has 0 unspecified atom stereocenters. The molecule has 298 valence electrons. The molecule has 2 nitrogen and oxygen atoms in total. The van der Waals surface area contributed by atoms with Gasteiger partial charge in [0.05, 0.1) is 5.69 Å². The molecule has 0 fully saturated rings. The Morgan fingerprint density at radius 1 is 0.365 bits per heavy atom. The molecule has 0 atom stereocenters. The van der Waals surface area contributed by atoms with Crippen LogP contribution in [0.3, 0.4) is 0 Å². The Hall–Kier alpha value is -7.94. The van der Waals surface area contributed by atoms with E-state index in [0.717, 1.165) is 50.1 Å². The molecule has 63 heavy (non-hydrogen) atoms. The van der Waals surface area contributed by atoms with Crippen LogP contribution in [0, 0.1) is 0 Å². The van der Waals surface area contributed by atoms with Gasteiger partial charge in [0, 0.05) is 33.1 Å². The normalized spacial score (nSPS) is 12.7. The second kappa shape index (κ2) is 14.6. The van der Waals surface area contributed by atoms with Crippen LogP contribution in [0.1, 0.15) is 25.0 Å². The van der Waals surface area contributed by atoms with Crippen molar-refractivity contribution in [2.45, 2.75) is 19.3 Å². The van der Waals surface area contributed by atoms with E-state index in [4.69, 9.17) is 4.42 Å². The molecule has 1 heterocycles. The summed E-state index contributed by atoms with van der Waals surface area (Å²) in [6.07, 6.45) is 0. The summed E-state index contributed by atoms with van der Waals surface area (Å²) in [4.78, 5) is 2.43. The first-order valence-electron chi connectivity index (χ1n) is 21.8. The lowest BCUT2D eigenvalue weighted by molar-refractivity contribution is 0.660. The van der Waals surface area contributed by atoms with Crippen molar-refractivity contribution in [3.8, 4) is 55.6 Å². The number of fused-ring (bicyclic) bond motifs is 7. The van der Waals surface area contributed by atoms with Crippen molar-refractivity contribution < 1.29 is 4.42 Å².